The van der Waals surface area contributed by atoms with E-state index in [2.05, 4.69) is 111 Å². The summed E-state index contributed by atoms with van der Waals surface area (Å²) < 4.78 is 7.13. The quantitative estimate of drug-likeness (QED) is 0.455. The predicted octanol–water partition coefficient (Wildman–Crippen LogP) is 4.76. The molecule has 0 saturated heterocycles. The Hall–Kier alpha value is -2.58. The van der Waals surface area contributed by atoms with Crippen molar-refractivity contribution in [2.24, 2.45) is 5.41 Å². The second-order valence-corrected chi connectivity index (χ2v) is 11.7. The van der Waals surface area contributed by atoms with Crippen LogP contribution in [0.2, 0.25) is 0 Å². The van der Waals surface area contributed by atoms with Crippen molar-refractivity contribution in [3.63, 3.8) is 0 Å². The molecular formula is C26H28OSi. The van der Waals surface area contributed by atoms with E-state index in [1.54, 1.807) is 0 Å². The molecule has 0 heterocycles. The van der Waals surface area contributed by atoms with Crippen LogP contribution < -0.4 is 15.6 Å². The van der Waals surface area contributed by atoms with Gasteiger partial charge >= 0.3 is 8.32 Å². The topological polar surface area (TPSA) is 9.23 Å². The zero-order valence-corrected chi connectivity index (χ0v) is 17.8. The van der Waals surface area contributed by atoms with Crippen molar-refractivity contribution in [2.45, 2.75) is 33.1 Å². The zero-order chi connectivity index (χ0) is 19.5. The summed E-state index contributed by atoms with van der Waals surface area (Å²) in [6.45, 7) is 4.69. The molecule has 1 aliphatic rings. The Kier molecular flexibility index (Phi) is 5.23. The second kappa shape index (κ2) is 7.81. The van der Waals surface area contributed by atoms with Gasteiger partial charge in [0.25, 0.3) is 0 Å². The minimum Gasteiger partial charge on any atom is -0.534 e. The Morgan fingerprint density at radius 3 is 1.46 bits per heavy atom. The van der Waals surface area contributed by atoms with E-state index in [4.69, 9.17) is 4.43 Å². The van der Waals surface area contributed by atoms with Crippen LogP contribution in [0.4, 0.5) is 0 Å². The molecule has 0 N–H and O–H groups in total. The standard InChI is InChI=1S/C26H28OSi/c1-26(2)20-18-22(19-21-26)27-28(23-12-6-3-7-13-23,24-14-8-4-9-15-24)25-16-10-5-11-17-25/h3-18H,19-21H2,1-2H3. The average molecular weight is 385 g/mol. The summed E-state index contributed by atoms with van der Waals surface area (Å²) >= 11 is 0. The predicted molar refractivity (Wildman–Crippen MR) is 121 cm³/mol. The van der Waals surface area contributed by atoms with Crippen molar-refractivity contribution in [1.29, 1.82) is 0 Å². The molecule has 0 saturated carbocycles. The van der Waals surface area contributed by atoms with E-state index in [1.807, 2.05) is 0 Å². The van der Waals surface area contributed by atoms with Gasteiger partial charge in [0, 0.05) is 6.42 Å². The third kappa shape index (κ3) is 3.70. The molecule has 1 nitrogen and oxygen atoms in total. The van der Waals surface area contributed by atoms with Gasteiger partial charge in [0.1, 0.15) is 0 Å². The van der Waals surface area contributed by atoms with Crippen LogP contribution in [0.3, 0.4) is 0 Å². The van der Waals surface area contributed by atoms with Crippen LogP contribution in [0.5, 0.6) is 0 Å². The molecule has 28 heavy (non-hydrogen) atoms. The van der Waals surface area contributed by atoms with E-state index in [0.29, 0.717) is 5.41 Å². The van der Waals surface area contributed by atoms with Crippen molar-refractivity contribution in [3.05, 3.63) is 103 Å². The lowest BCUT2D eigenvalue weighted by Crippen LogP contribution is -2.69. The van der Waals surface area contributed by atoms with Gasteiger partial charge in [-0.15, -0.1) is 0 Å². The first kappa shape index (κ1) is 18.8. The summed E-state index contributed by atoms with van der Waals surface area (Å²) in [6.07, 6.45) is 5.58. The number of hydrogen-bond donors (Lipinski definition) is 0. The third-order valence-corrected chi connectivity index (χ3v) is 9.76. The maximum atomic E-state index is 7.13. The smallest absolute Gasteiger partial charge is 0.346 e. The molecule has 0 aromatic heterocycles. The fraction of sp³-hybridized carbons (Fsp3) is 0.231. The fourth-order valence-electron chi connectivity index (χ4n) is 4.04. The van der Waals surface area contributed by atoms with Crippen LogP contribution in [0.1, 0.15) is 33.1 Å². The van der Waals surface area contributed by atoms with Crippen molar-refractivity contribution in [2.75, 3.05) is 0 Å². The van der Waals surface area contributed by atoms with Gasteiger partial charge in [-0.3, -0.25) is 0 Å². The molecule has 3 aromatic carbocycles. The van der Waals surface area contributed by atoms with Crippen molar-refractivity contribution in [3.8, 4) is 0 Å². The van der Waals surface area contributed by atoms with Crippen molar-refractivity contribution < 1.29 is 4.43 Å². The maximum absolute atomic E-state index is 7.13. The summed E-state index contributed by atoms with van der Waals surface area (Å²) in [5, 5.41) is 3.87. The van der Waals surface area contributed by atoms with Crippen LogP contribution >= 0.6 is 0 Å². The van der Waals surface area contributed by atoms with Gasteiger partial charge in [-0.05, 0) is 39.9 Å². The van der Waals surface area contributed by atoms with E-state index in [0.717, 1.165) is 18.6 Å². The molecule has 0 fully saturated rings. The Morgan fingerprint density at radius 2 is 1.11 bits per heavy atom. The molecule has 0 amide bonds. The van der Waals surface area contributed by atoms with Gasteiger partial charge < -0.3 is 4.43 Å². The van der Waals surface area contributed by atoms with Crippen LogP contribution in [-0.4, -0.2) is 8.32 Å². The highest BCUT2D eigenvalue weighted by atomic mass is 28.4. The van der Waals surface area contributed by atoms with E-state index in [1.165, 1.54) is 22.0 Å². The normalized spacial score (nSPS) is 16.3. The van der Waals surface area contributed by atoms with Crippen molar-refractivity contribution >= 4 is 23.9 Å². The third-order valence-electron chi connectivity index (χ3n) is 5.76. The number of hydrogen-bond acceptors (Lipinski definition) is 1. The molecule has 1 aliphatic carbocycles. The zero-order valence-electron chi connectivity index (χ0n) is 16.8. The molecule has 4 rings (SSSR count). The van der Waals surface area contributed by atoms with Gasteiger partial charge in [-0.1, -0.05) is 105 Å². The minimum atomic E-state index is -2.63. The lowest BCUT2D eigenvalue weighted by Gasteiger charge is -2.37. The summed E-state index contributed by atoms with van der Waals surface area (Å²) in [4.78, 5) is 0. The number of rotatable bonds is 5. The molecular weight excluding hydrogens is 356 g/mol. The van der Waals surface area contributed by atoms with Gasteiger partial charge in [0.15, 0.2) is 0 Å². The number of benzene rings is 3. The Labute approximate surface area is 169 Å². The van der Waals surface area contributed by atoms with Gasteiger partial charge in [-0.2, -0.15) is 0 Å². The molecule has 3 aromatic rings. The lowest BCUT2D eigenvalue weighted by molar-refractivity contribution is 0.279. The second-order valence-electron chi connectivity index (χ2n) is 8.42. The Bertz CT molecular complexity index is 833. The van der Waals surface area contributed by atoms with Gasteiger partial charge in [0.05, 0.1) is 5.76 Å². The molecule has 0 unspecified atom stereocenters. The molecule has 0 atom stereocenters. The summed E-state index contributed by atoms with van der Waals surface area (Å²) in [5.74, 6) is 1.16. The first-order valence-corrected chi connectivity index (χ1v) is 12.1. The highest BCUT2D eigenvalue weighted by Gasteiger charge is 2.44. The highest BCUT2D eigenvalue weighted by molar-refractivity contribution is 7.07. The van der Waals surface area contributed by atoms with E-state index >= 15 is 0 Å². The van der Waals surface area contributed by atoms with Gasteiger partial charge in [0.2, 0.25) is 0 Å². The van der Waals surface area contributed by atoms with E-state index in [9.17, 15) is 0 Å². The fourth-order valence-corrected chi connectivity index (χ4v) is 7.96. The Morgan fingerprint density at radius 1 is 0.679 bits per heavy atom. The van der Waals surface area contributed by atoms with Crippen LogP contribution in [0, 0.1) is 5.41 Å². The Balaban J connectivity index is 1.90. The number of allylic oxidation sites excluding steroid dienone is 2. The summed E-state index contributed by atoms with van der Waals surface area (Å²) in [6, 6.07) is 32.4. The van der Waals surface area contributed by atoms with Crippen LogP contribution in [0.15, 0.2) is 103 Å². The molecule has 0 aliphatic heterocycles. The maximum Gasteiger partial charge on any atom is 0.346 e. The summed E-state index contributed by atoms with van der Waals surface area (Å²) in [7, 11) is -2.63. The molecule has 142 valence electrons. The van der Waals surface area contributed by atoms with Crippen molar-refractivity contribution in [1.82, 2.24) is 0 Å². The van der Waals surface area contributed by atoms with Crippen LogP contribution in [0.25, 0.3) is 0 Å². The van der Waals surface area contributed by atoms with E-state index < -0.39 is 8.32 Å². The monoisotopic (exact) mass is 384 g/mol. The molecule has 0 spiro atoms. The SMILES string of the molecule is CC1(C)CC=C(O[Si](c2ccccc2)(c2ccccc2)c2ccccc2)CC1. The molecule has 0 radical (unpaired) electrons. The van der Waals surface area contributed by atoms with E-state index in [-0.39, 0.29) is 0 Å². The average Bonchev–Trinajstić information content (AvgIpc) is 2.75. The first-order chi connectivity index (χ1) is 13.6. The highest BCUT2D eigenvalue weighted by Crippen LogP contribution is 2.35. The summed E-state index contributed by atoms with van der Waals surface area (Å²) in [5.41, 5.74) is 0.364. The molecule has 0 bridgehead atoms. The lowest BCUT2D eigenvalue weighted by atomic mass is 9.80. The first-order valence-electron chi connectivity index (χ1n) is 10.1. The minimum absolute atomic E-state index is 0.364. The largest absolute Gasteiger partial charge is 0.534 e. The van der Waals surface area contributed by atoms with Crippen LogP contribution in [-0.2, 0) is 4.43 Å². The molecule has 2 heteroatoms. The van der Waals surface area contributed by atoms with Gasteiger partial charge in [-0.25, -0.2) is 0 Å².